The Morgan fingerprint density at radius 1 is 1.00 bits per heavy atom. The lowest BCUT2D eigenvalue weighted by molar-refractivity contribution is -0.135. The topological polar surface area (TPSA) is 32.3 Å². The quantitative estimate of drug-likeness (QED) is 0.669. The van der Waals surface area contributed by atoms with Crippen molar-refractivity contribution in [3.8, 4) is 0 Å². The van der Waals surface area contributed by atoms with Crippen LogP contribution >= 0.6 is 0 Å². The fourth-order valence-corrected chi connectivity index (χ4v) is 4.00. The number of rotatable bonds is 8. The lowest BCUT2D eigenvalue weighted by Crippen LogP contribution is -2.62. The minimum atomic E-state index is 0.0978. The Bertz CT molecular complexity index is 333. The van der Waals surface area contributed by atoms with Crippen molar-refractivity contribution in [3.63, 3.8) is 0 Å². The summed E-state index contributed by atoms with van der Waals surface area (Å²) in [4.78, 5) is 15.0. The van der Waals surface area contributed by atoms with Crippen LogP contribution in [0.25, 0.3) is 0 Å². The standard InChI is InChI=1S/C19H38N2O/c1-7-9-11-12-17(22)21(13-10-8-2)16-14-18(3,4)20-19(5,6)15-16/h16,20H,7-15H2,1-6H3. The maximum absolute atomic E-state index is 12.8. The third kappa shape index (κ3) is 6.28. The zero-order chi connectivity index (χ0) is 16.8. The van der Waals surface area contributed by atoms with Crippen LogP contribution in [0, 0.1) is 0 Å². The molecule has 1 amide bonds. The maximum Gasteiger partial charge on any atom is 0.222 e. The molecule has 1 N–H and O–H groups in total. The predicted octanol–water partition coefficient (Wildman–Crippen LogP) is 4.50. The highest BCUT2D eigenvalue weighted by Gasteiger charge is 2.40. The molecule has 0 aliphatic carbocycles. The summed E-state index contributed by atoms with van der Waals surface area (Å²) in [5.74, 6) is 0.375. The molecule has 0 saturated carbocycles. The van der Waals surface area contributed by atoms with Crippen LogP contribution in [0.4, 0.5) is 0 Å². The van der Waals surface area contributed by atoms with Gasteiger partial charge in [-0.3, -0.25) is 4.79 Å². The number of carbonyl (C=O) groups is 1. The van der Waals surface area contributed by atoms with E-state index in [1.165, 1.54) is 6.42 Å². The molecule has 0 aromatic rings. The zero-order valence-corrected chi connectivity index (χ0v) is 15.8. The number of piperidine rings is 1. The molecular weight excluding hydrogens is 272 g/mol. The van der Waals surface area contributed by atoms with Gasteiger partial charge in [-0.15, -0.1) is 0 Å². The SMILES string of the molecule is CCCCCC(=O)N(CCCC)C1CC(C)(C)NC(C)(C)C1. The number of carbonyl (C=O) groups excluding carboxylic acids is 1. The molecule has 0 unspecified atom stereocenters. The molecule has 0 aromatic carbocycles. The highest BCUT2D eigenvalue weighted by molar-refractivity contribution is 5.76. The fourth-order valence-electron chi connectivity index (χ4n) is 4.00. The number of hydrogen-bond acceptors (Lipinski definition) is 2. The second-order valence-corrected chi connectivity index (χ2v) is 8.35. The van der Waals surface area contributed by atoms with E-state index in [1.807, 2.05) is 0 Å². The molecule has 0 aromatic heterocycles. The first kappa shape index (κ1) is 19.5. The lowest BCUT2D eigenvalue weighted by Gasteiger charge is -2.49. The Morgan fingerprint density at radius 3 is 2.05 bits per heavy atom. The molecule has 1 heterocycles. The Hall–Kier alpha value is -0.570. The molecule has 22 heavy (non-hydrogen) atoms. The molecule has 1 aliphatic heterocycles. The van der Waals surface area contributed by atoms with E-state index in [4.69, 9.17) is 0 Å². The first-order valence-corrected chi connectivity index (χ1v) is 9.29. The summed E-state index contributed by atoms with van der Waals surface area (Å²) in [5.41, 5.74) is 0.196. The minimum Gasteiger partial charge on any atom is -0.340 e. The number of hydrogen-bond donors (Lipinski definition) is 1. The molecule has 1 fully saturated rings. The van der Waals surface area contributed by atoms with Gasteiger partial charge in [-0.25, -0.2) is 0 Å². The molecule has 0 bridgehead atoms. The zero-order valence-electron chi connectivity index (χ0n) is 15.8. The number of nitrogens with one attached hydrogen (secondary N) is 1. The fraction of sp³-hybridized carbons (Fsp3) is 0.947. The summed E-state index contributed by atoms with van der Waals surface area (Å²) in [7, 11) is 0. The summed E-state index contributed by atoms with van der Waals surface area (Å²) in [6.07, 6.45) is 8.48. The van der Waals surface area contributed by atoms with E-state index in [9.17, 15) is 4.79 Å². The first-order chi connectivity index (χ1) is 10.2. The van der Waals surface area contributed by atoms with Gasteiger partial charge in [0.25, 0.3) is 0 Å². The van der Waals surface area contributed by atoms with Gasteiger partial charge in [-0.05, 0) is 53.4 Å². The molecular formula is C19H38N2O. The van der Waals surface area contributed by atoms with Crippen LogP contribution < -0.4 is 5.32 Å². The first-order valence-electron chi connectivity index (χ1n) is 9.29. The smallest absolute Gasteiger partial charge is 0.222 e. The Morgan fingerprint density at radius 2 is 1.55 bits per heavy atom. The highest BCUT2D eigenvalue weighted by atomic mass is 16.2. The molecule has 1 aliphatic rings. The Balaban J connectivity index is 2.78. The van der Waals surface area contributed by atoms with E-state index < -0.39 is 0 Å². The number of unbranched alkanes of at least 4 members (excludes halogenated alkanes) is 3. The number of nitrogens with zero attached hydrogens (tertiary/aromatic N) is 1. The van der Waals surface area contributed by atoms with Crippen LogP contribution in [0.3, 0.4) is 0 Å². The second-order valence-electron chi connectivity index (χ2n) is 8.35. The van der Waals surface area contributed by atoms with E-state index in [0.29, 0.717) is 11.9 Å². The van der Waals surface area contributed by atoms with E-state index in [0.717, 1.165) is 51.5 Å². The Kier molecular flexibility index (Phi) is 7.37. The third-order valence-electron chi connectivity index (χ3n) is 4.68. The largest absolute Gasteiger partial charge is 0.340 e. The van der Waals surface area contributed by atoms with E-state index >= 15 is 0 Å². The highest BCUT2D eigenvalue weighted by Crippen LogP contribution is 2.32. The van der Waals surface area contributed by atoms with E-state index in [-0.39, 0.29) is 11.1 Å². The number of amides is 1. The third-order valence-corrected chi connectivity index (χ3v) is 4.68. The van der Waals surface area contributed by atoms with Crippen LogP contribution in [0.1, 0.15) is 92.9 Å². The van der Waals surface area contributed by atoms with Gasteiger partial charge < -0.3 is 10.2 Å². The van der Waals surface area contributed by atoms with Crippen molar-refractivity contribution in [2.24, 2.45) is 0 Å². The molecule has 3 nitrogen and oxygen atoms in total. The van der Waals surface area contributed by atoms with Crippen molar-refractivity contribution < 1.29 is 4.79 Å². The van der Waals surface area contributed by atoms with Gasteiger partial charge >= 0.3 is 0 Å². The van der Waals surface area contributed by atoms with Crippen LogP contribution in [0.2, 0.25) is 0 Å². The van der Waals surface area contributed by atoms with Crippen molar-refractivity contribution in [1.82, 2.24) is 10.2 Å². The Labute approximate surface area is 138 Å². The van der Waals surface area contributed by atoms with Gasteiger partial charge in [0.1, 0.15) is 0 Å². The van der Waals surface area contributed by atoms with Gasteiger partial charge in [0.05, 0.1) is 0 Å². The molecule has 130 valence electrons. The maximum atomic E-state index is 12.8. The summed E-state index contributed by atoms with van der Waals surface area (Å²) >= 11 is 0. The van der Waals surface area contributed by atoms with Crippen molar-refractivity contribution in [2.45, 2.75) is 110 Å². The molecule has 1 saturated heterocycles. The summed E-state index contributed by atoms with van der Waals surface area (Å²) < 4.78 is 0. The summed E-state index contributed by atoms with van der Waals surface area (Å²) in [5, 5.41) is 3.73. The van der Waals surface area contributed by atoms with Gasteiger partial charge in [-0.1, -0.05) is 33.1 Å². The van der Waals surface area contributed by atoms with Crippen molar-refractivity contribution in [3.05, 3.63) is 0 Å². The van der Waals surface area contributed by atoms with Crippen molar-refractivity contribution in [1.29, 1.82) is 0 Å². The van der Waals surface area contributed by atoms with Crippen LogP contribution in [-0.2, 0) is 4.79 Å². The summed E-state index contributed by atoms with van der Waals surface area (Å²) in [6.45, 7) is 14.4. The van der Waals surface area contributed by atoms with Crippen LogP contribution in [0.15, 0.2) is 0 Å². The average molecular weight is 311 g/mol. The summed E-state index contributed by atoms with van der Waals surface area (Å²) in [6, 6.07) is 0.381. The molecule has 0 atom stereocenters. The van der Waals surface area contributed by atoms with E-state index in [1.54, 1.807) is 0 Å². The normalized spacial score (nSPS) is 20.8. The van der Waals surface area contributed by atoms with E-state index in [2.05, 4.69) is 51.8 Å². The van der Waals surface area contributed by atoms with Gasteiger partial charge in [0, 0.05) is 30.1 Å². The second kappa shape index (κ2) is 8.33. The van der Waals surface area contributed by atoms with Gasteiger partial charge in [0.2, 0.25) is 5.91 Å². The van der Waals surface area contributed by atoms with Gasteiger partial charge in [-0.2, -0.15) is 0 Å². The van der Waals surface area contributed by atoms with Gasteiger partial charge in [0.15, 0.2) is 0 Å². The monoisotopic (exact) mass is 310 g/mol. The van der Waals surface area contributed by atoms with Crippen molar-refractivity contribution >= 4 is 5.91 Å². The van der Waals surface area contributed by atoms with Crippen molar-refractivity contribution in [2.75, 3.05) is 6.54 Å². The minimum absolute atomic E-state index is 0.0978. The molecule has 0 spiro atoms. The molecule has 1 rings (SSSR count). The predicted molar refractivity (Wildman–Crippen MR) is 95.1 cm³/mol. The lowest BCUT2D eigenvalue weighted by atomic mass is 9.79. The van der Waals surface area contributed by atoms with Crippen LogP contribution in [0.5, 0.6) is 0 Å². The average Bonchev–Trinajstić information content (AvgIpc) is 2.35. The molecule has 0 radical (unpaired) electrons. The van der Waals surface area contributed by atoms with Crippen LogP contribution in [-0.4, -0.2) is 34.5 Å². The molecule has 3 heteroatoms.